The molecule has 2 saturated heterocycles. The van der Waals surface area contributed by atoms with Crippen LogP contribution >= 0.6 is 11.3 Å². The molecule has 2 aromatic heterocycles. The standard InChI is InChI=1S/C30H29F5N6O2S.C7H12FN/c1-3-4-5-11-41(12-10-38-28(42)15-6-7-15)27-17-13-19(30(33,34)35)22(23(32)24(17)39-29(40-27)43-2)16-8-9-20(31)25-21(16)18(14-36)26(37)44-25;8-6-4-7-2-1-3-9(7)5-6/h8-9,13,15H,3-7,10-12,37H2,1-2H3,(H,38,42);6-7H,1-5H2. The number of nitrogens with two attached hydrogens (primary N) is 1. The molecule has 4 heterocycles. The minimum Gasteiger partial charge on any atom is -0.467 e. The number of ether oxygens (including phenoxy) is 1. The predicted molar refractivity (Wildman–Crippen MR) is 193 cm³/mol. The topological polar surface area (TPSA) is 120 Å². The van der Waals surface area contributed by atoms with Crippen LogP contribution in [0.1, 0.15) is 69.4 Å². The van der Waals surface area contributed by atoms with E-state index in [1.165, 1.54) is 20.0 Å². The summed E-state index contributed by atoms with van der Waals surface area (Å²) in [5.41, 5.74) is 2.60. The third-order valence-electron chi connectivity index (χ3n) is 10.00. The molecule has 1 amide bonds. The van der Waals surface area contributed by atoms with Gasteiger partial charge in [-0.25, -0.2) is 13.2 Å². The lowest BCUT2D eigenvalue weighted by Gasteiger charge is -2.26. The van der Waals surface area contributed by atoms with Gasteiger partial charge in [-0.2, -0.15) is 28.4 Å². The molecule has 2 atom stereocenters. The highest BCUT2D eigenvalue weighted by Gasteiger charge is 2.39. The van der Waals surface area contributed by atoms with Crippen molar-refractivity contribution in [2.45, 2.75) is 76.7 Å². The fourth-order valence-corrected chi connectivity index (χ4v) is 8.18. The van der Waals surface area contributed by atoms with Crippen molar-refractivity contribution in [2.24, 2.45) is 5.92 Å². The highest BCUT2D eigenvalue weighted by molar-refractivity contribution is 7.23. The van der Waals surface area contributed by atoms with Crippen LogP contribution in [0, 0.1) is 28.9 Å². The van der Waals surface area contributed by atoms with E-state index in [0.717, 1.165) is 56.8 Å². The van der Waals surface area contributed by atoms with E-state index in [-0.39, 0.29) is 68.3 Å². The van der Waals surface area contributed by atoms with Crippen LogP contribution in [0.15, 0.2) is 18.2 Å². The fourth-order valence-electron chi connectivity index (χ4n) is 7.23. The number of rotatable bonds is 11. The minimum absolute atomic E-state index is 0.0151. The number of carbonyl (C=O) groups is 1. The first kappa shape index (κ1) is 38.4. The molecule has 2 unspecified atom stereocenters. The number of thiophene rings is 1. The van der Waals surface area contributed by atoms with Gasteiger partial charge in [0.2, 0.25) is 5.91 Å². The Bertz CT molecular complexity index is 2020. The Kier molecular flexibility index (Phi) is 11.5. The first-order chi connectivity index (χ1) is 25.4. The lowest BCUT2D eigenvalue weighted by Crippen LogP contribution is -2.36. The second-order valence-corrected chi connectivity index (χ2v) is 14.7. The molecule has 9 nitrogen and oxygen atoms in total. The number of benzene rings is 2. The van der Waals surface area contributed by atoms with Crippen LogP contribution in [-0.2, 0) is 11.0 Å². The van der Waals surface area contributed by atoms with Gasteiger partial charge in [-0.15, -0.1) is 11.3 Å². The molecule has 16 heteroatoms. The molecule has 1 saturated carbocycles. The Labute approximate surface area is 307 Å². The van der Waals surface area contributed by atoms with Crippen LogP contribution in [0.5, 0.6) is 6.01 Å². The number of carbonyl (C=O) groups excluding carboxylic acids is 1. The van der Waals surface area contributed by atoms with Gasteiger partial charge in [0.25, 0.3) is 0 Å². The number of anilines is 2. The highest BCUT2D eigenvalue weighted by atomic mass is 32.1. The van der Waals surface area contributed by atoms with E-state index in [9.17, 15) is 32.0 Å². The normalized spacial score (nSPS) is 18.5. The van der Waals surface area contributed by atoms with Gasteiger partial charge in [0, 0.05) is 54.5 Å². The van der Waals surface area contributed by atoms with Gasteiger partial charge < -0.3 is 20.7 Å². The summed E-state index contributed by atoms with van der Waals surface area (Å²) in [6, 6.07) is 4.83. The van der Waals surface area contributed by atoms with E-state index in [1.54, 1.807) is 4.90 Å². The van der Waals surface area contributed by atoms with Crippen molar-refractivity contribution < 1.29 is 35.9 Å². The first-order valence-electron chi connectivity index (χ1n) is 17.8. The Morgan fingerprint density at radius 1 is 1.19 bits per heavy atom. The summed E-state index contributed by atoms with van der Waals surface area (Å²) >= 11 is 0.693. The number of nitriles is 1. The number of nitrogens with zero attached hydrogens (tertiary/aromatic N) is 5. The van der Waals surface area contributed by atoms with Gasteiger partial charge in [0.1, 0.15) is 34.4 Å². The van der Waals surface area contributed by atoms with Crippen molar-refractivity contribution in [1.82, 2.24) is 20.2 Å². The Morgan fingerprint density at radius 3 is 2.62 bits per heavy atom. The second kappa shape index (κ2) is 15.9. The van der Waals surface area contributed by atoms with Gasteiger partial charge in [-0.3, -0.25) is 9.69 Å². The van der Waals surface area contributed by atoms with Crippen LogP contribution in [0.2, 0.25) is 0 Å². The van der Waals surface area contributed by atoms with Crippen molar-refractivity contribution in [3.05, 3.63) is 41.0 Å². The Morgan fingerprint density at radius 2 is 1.96 bits per heavy atom. The van der Waals surface area contributed by atoms with Crippen molar-refractivity contribution >= 4 is 49.1 Å². The van der Waals surface area contributed by atoms with Gasteiger partial charge in [-0.05, 0) is 62.8 Å². The number of nitrogens with one attached hydrogen (secondary N) is 1. The van der Waals surface area contributed by atoms with E-state index in [0.29, 0.717) is 36.9 Å². The van der Waals surface area contributed by atoms with Crippen LogP contribution in [-0.4, -0.2) is 72.8 Å². The molecule has 3 N–H and O–H groups in total. The molecule has 2 aromatic carbocycles. The largest absolute Gasteiger partial charge is 0.467 e. The van der Waals surface area contributed by atoms with Crippen LogP contribution in [0.3, 0.4) is 0 Å². The minimum atomic E-state index is -5.07. The summed E-state index contributed by atoms with van der Waals surface area (Å²) in [7, 11) is 1.25. The van der Waals surface area contributed by atoms with Crippen molar-refractivity contribution in [3.63, 3.8) is 0 Å². The maximum absolute atomic E-state index is 16.6. The third kappa shape index (κ3) is 8.11. The number of unbranched alkanes of at least 4 members (excludes halogenated alkanes) is 2. The third-order valence-corrected chi connectivity index (χ3v) is 11.0. The number of aromatic nitrogens is 2. The number of alkyl halides is 4. The summed E-state index contributed by atoms with van der Waals surface area (Å²) in [6.45, 7) is 4.62. The van der Waals surface area contributed by atoms with E-state index in [2.05, 4.69) is 20.2 Å². The predicted octanol–water partition coefficient (Wildman–Crippen LogP) is 7.99. The number of halogens is 6. The average Bonchev–Trinajstić information content (AvgIpc) is 3.67. The van der Waals surface area contributed by atoms with E-state index in [1.807, 2.05) is 13.0 Å². The van der Waals surface area contributed by atoms with E-state index in [4.69, 9.17) is 10.5 Å². The zero-order valence-electron chi connectivity index (χ0n) is 29.5. The highest BCUT2D eigenvalue weighted by Crippen LogP contribution is 2.48. The Hall–Kier alpha value is -4.36. The number of fused-ring (bicyclic) bond motifs is 3. The molecule has 1 aliphatic carbocycles. The van der Waals surface area contributed by atoms with Gasteiger partial charge in [-0.1, -0.05) is 25.8 Å². The first-order valence-corrected chi connectivity index (χ1v) is 18.6. The number of nitrogen functional groups attached to an aromatic ring is 1. The summed E-state index contributed by atoms with van der Waals surface area (Å²) in [5, 5.41) is 12.0. The van der Waals surface area contributed by atoms with Crippen LogP contribution in [0.25, 0.3) is 32.1 Å². The number of amides is 1. The van der Waals surface area contributed by atoms with Crippen molar-refractivity contribution in [1.29, 1.82) is 5.26 Å². The van der Waals surface area contributed by atoms with Gasteiger partial charge in [0.15, 0.2) is 5.82 Å². The van der Waals surface area contributed by atoms with Crippen LogP contribution in [0.4, 0.5) is 37.2 Å². The summed E-state index contributed by atoms with van der Waals surface area (Å²) in [4.78, 5) is 24.6. The molecular weight excluding hydrogens is 721 g/mol. The second-order valence-electron chi connectivity index (χ2n) is 13.7. The zero-order chi connectivity index (χ0) is 38.0. The molecular formula is C37H41F6N7O2S. The summed E-state index contributed by atoms with van der Waals surface area (Å²) in [6.07, 6.45) is 1.74. The van der Waals surface area contributed by atoms with Crippen LogP contribution < -0.4 is 20.7 Å². The molecule has 0 bridgehead atoms. The smallest absolute Gasteiger partial charge is 0.417 e. The monoisotopic (exact) mass is 761 g/mol. The fraction of sp³-hybridized carbons (Fsp3) is 0.514. The zero-order valence-corrected chi connectivity index (χ0v) is 30.3. The van der Waals surface area contributed by atoms with Gasteiger partial charge >= 0.3 is 12.2 Å². The lowest BCUT2D eigenvalue weighted by molar-refractivity contribution is -0.137. The molecule has 0 spiro atoms. The summed E-state index contributed by atoms with van der Waals surface area (Å²) in [5.74, 6) is -2.24. The molecule has 7 rings (SSSR count). The maximum atomic E-state index is 16.6. The molecule has 284 valence electrons. The maximum Gasteiger partial charge on any atom is 0.417 e. The van der Waals surface area contributed by atoms with E-state index >= 15 is 4.39 Å². The Balaban J connectivity index is 0.000000461. The molecule has 4 aromatic rings. The van der Waals surface area contributed by atoms with Crippen molar-refractivity contribution in [2.75, 3.05) is 50.5 Å². The number of hydrogen-bond donors (Lipinski definition) is 2. The SMILES string of the molecule is CCCCCN(CCNC(=O)C1CC1)c1nc(OC)nc2c(F)c(-c3ccc(F)c4sc(N)c(C#N)c34)c(C(F)(F)F)cc12.FC1CC2CCCN2C1. The van der Waals surface area contributed by atoms with Gasteiger partial charge in [0.05, 0.1) is 22.9 Å². The number of methoxy groups -OCH3 is 1. The molecule has 3 aliphatic rings. The van der Waals surface area contributed by atoms with E-state index < -0.39 is 40.6 Å². The average molecular weight is 762 g/mol. The molecule has 53 heavy (non-hydrogen) atoms. The number of hydrogen-bond acceptors (Lipinski definition) is 9. The molecule has 2 aliphatic heterocycles. The summed E-state index contributed by atoms with van der Waals surface area (Å²) < 4.78 is 93.3. The lowest BCUT2D eigenvalue weighted by atomic mass is 9.92. The van der Waals surface area contributed by atoms with Crippen molar-refractivity contribution in [3.8, 4) is 23.2 Å². The molecule has 0 radical (unpaired) electrons. The quantitative estimate of drug-likeness (QED) is 0.117. The molecule has 3 fully saturated rings.